The summed E-state index contributed by atoms with van der Waals surface area (Å²) in [7, 11) is 0. The molecule has 1 aliphatic rings. The maximum Gasteiger partial charge on any atom is 0.223 e. The number of halogens is 1. The maximum atomic E-state index is 13.2. The first-order chi connectivity index (χ1) is 11.7. The number of hydrogen-bond donors (Lipinski definition) is 2. The SMILES string of the molecule is C[C@@H]1C[C@@H]1C(=O)NCCC(=O)N[C@@H](CC(C)(C)C)c1ccc(F)cc1. The van der Waals surface area contributed by atoms with Crippen LogP contribution in [0.25, 0.3) is 0 Å². The van der Waals surface area contributed by atoms with E-state index in [0.29, 0.717) is 12.5 Å². The van der Waals surface area contributed by atoms with E-state index in [9.17, 15) is 14.0 Å². The summed E-state index contributed by atoms with van der Waals surface area (Å²) in [5, 5.41) is 5.85. The van der Waals surface area contributed by atoms with Crippen LogP contribution in [0.2, 0.25) is 0 Å². The van der Waals surface area contributed by atoms with Gasteiger partial charge in [-0.15, -0.1) is 0 Å². The number of rotatable bonds is 7. The van der Waals surface area contributed by atoms with Crippen molar-refractivity contribution in [2.45, 2.75) is 53.0 Å². The third kappa shape index (κ3) is 6.48. The predicted octanol–water partition coefficient (Wildman–Crippen LogP) is 3.58. The molecule has 1 fully saturated rings. The number of nitrogens with one attached hydrogen (secondary N) is 2. The van der Waals surface area contributed by atoms with Crippen molar-refractivity contribution >= 4 is 11.8 Å². The van der Waals surface area contributed by atoms with Crippen LogP contribution in [0.5, 0.6) is 0 Å². The lowest BCUT2D eigenvalue weighted by Crippen LogP contribution is -2.34. The largest absolute Gasteiger partial charge is 0.355 e. The molecule has 0 radical (unpaired) electrons. The molecule has 5 heteroatoms. The molecule has 0 spiro atoms. The molecule has 0 bridgehead atoms. The summed E-state index contributed by atoms with van der Waals surface area (Å²) >= 11 is 0. The number of amides is 2. The Morgan fingerprint density at radius 2 is 1.84 bits per heavy atom. The lowest BCUT2D eigenvalue weighted by molar-refractivity contribution is -0.123. The quantitative estimate of drug-likeness (QED) is 0.791. The van der Waals surface area contributed by atoms with Crippen molar-refractivity contribution in [2.24, 2.45) is 17.3 Å². The topological polar surface area (TPSA) is 58.2 Å². The second kappa shape index (κ2) is 7.98. The smallest absolute Gasteiger partial charge is 0.223 e. The fourth-order valence-electron chi connectivity index (χ4n) is 2.94. The summed E-state index contributed by atoms with van der Waals surface area (Å²) in [6.45, 7) is 8.71. The van der Waals surface area contributed by atoms with Crippen molar-refractivity contribution in [3.63, 3.8) is 0 Å². The van der Waals surface area contributed by atoms with Crippen molar-refractivity contribution in [1.82, 2.24) is 10.6 Å². The van der Waals surface area contributed by atoms with E-state index >= 15 is 0 Å². The van der Waals surface area contributed by atoms with Gasteiger partial charge < -0.3 is 10.6 Å². The van der Waals surface area contributed by atoms with Gasteiger partial charge in [-0.2, -0.15) is 0 Å². The standard InChI is InChI=1S/C20H29FN2O2/c1-13-11-16(13)19(25)22-10-9-18(24)23-17(12-20(2,3)4)14-5-7-15(21)8-6-14/h5-8,13,16-17H,9-12H2,1-4H3,(H,22,25)(H,23,24)/t13-,16+,17+/m1/s1. The Balaban J connectivity index is 1.88. The molecule has 1 aromatic rings. The summed E-state index contributed by atoms with van der Waals surface area (Å²) in [5.41, 5.74) is 0.906. The minimum Gasteiger partial charge on any atom is -0.355 e. The number of carbonyl (C=O) groups excluding carboxylic acids is 2. The molecule has 138 valence electrons. The van der Waals surface area contributed by atoms with Gasteiger partial charge in [-0.05, 0) is 41.9 Å². The van der Waals surface area contributed by atoms with Gasteiger partial charge in [0.05, 0.1) is 6.04 Å². The molecular formula is C20H29FN2O2. The Kier molecular flexibility index (Phi) is 6.20. The van der Waals surface area contributed by atoms with Crippen molar-refractivity contribution in [1.29, 1.82) is 0 Å². The molecule has 0 aliphatic heterocycles. The molecule has 25 heavy (non-hydrogen) atoms. The van der Waals surface area contributed by atoms with E-state index < -0.39 is 0 Å². The highest BCUT2D eigenvalue weighted by Gasteiger charge is 2.38. The summed E-state index contributed by atoms with van der Waals surface area (Å²) in [6.07, 6.45) is 1.93. The summed E-state index contributed by atoms with van der Waals surface area (Å²) in [4.78, 5) is 24.1. The highest BCUT2D eigenvalue weighted by Crippen LogP contribution is 2.37. The van der Waals surface area contributed by atoms with Crippen LogP contribution in [0.4, 0.5) is 4.39 Å². The summed E-state index contributed by atoms with van der Waals surface area (Å²) in [5.74, 6) is 0.230. The first-order valence-electron chi connectivity index (χ1n) is 8.98. The molecule has 4 nitrogen and oxygen atoms in total. The predicted molar refractivity (Wildman–Crippen MR) is 96.3 cm³/mol. The van der Waals surface area contributed by atoms with Gasteiger partial charge in [0.2, 0.25) is 11.8 Å². The van der Waals surface area contributed by atoms with Gasteiger partial charge in [0.1, 0.15) is 5.82 Å². The summed E-state index contributed by atoms with van der Waals surface area (Å²) in [6, 6.07) is 6.07. The second-order valence-electron chi connectivity index (χ2n) is 8.30. The Hall–Kier alpha value is -1.91. The third-order valence-corrected chi connectivity index (χ3v) is 4.52. The fraction of sp³-hybridized carbons (Fsp3) is 0.600. The normalized spacial score (nSPS) is 20.7. The van der Waals surface area contributed by atoms with E-state index in [4.69, 9.17) is 0 Å². The van der Waals surface area contributed by atoms with E-state index in [2.05, 4.69) is 38.3 Å². The summed E-state index contributed by atoms with van der Waals surface area (Å²) < 4.78 is 13.2. The Bertz CT molecular complexity index is 607. The molecule has 2 rings (SSSR count). The molecule has 1 aromatic carbocycles. The van der Waals surface area contributed by atoms with Crippen molar-refractivity contribution in [2.75, 3.05) is 6.54 Å². The highest BCUT2D eigenvalue weighted by molar-refractivity contribution is 5.82. The first kappa shape index (κ1) is 19.4. The Morgan fingerprint density at radius 1 is 1.24 bits per heavy atom. The van der Waals surface area contributed by atoms with E-state index in [-0.39, 0.29) is 41.4 Å². The molecular weight excluding hydrogens is 319 g/mol. The third-order valence-electron chi connectivity index (χ3n) is 4.52. The lowest BCUT2D eigenvalue weighted by Gasteiger charge is -2.27. The first-order valence-corrected chi connectivity index (χ1v) is 8.98. The molecule has 1 saturated carbocycles. The van der Waals surface area contributed by atoms with E-state index in [1.54, 1.807) is 12.1 Å². The van der Waals surface area contributed by atoms with Crippen LogP contribution in [0, 0.1) is 23.1 Å². The number of benzene rings is 1. The average molecular weight is 348 g/mol. The molecule has 0 heterocycles. The van der Waals surface area contributed by atoms with Gasteiger partial charge in [-0.3, -0.25) is 9.59 Å². The van der Waals surface area contributed by atoms with Crippen molar-refractivity contribution in [3.8, 4) is 0 Å². The zero-order chi connectivity index (χ0) is 18.6. The minimum atomic E-state index is -0.290. The number of carbonyl (C=O) groups is 2. The van der Waals surface area contributed by atoms with Crippen LogP contribution in [0.1, 0.15) is 58.6 Å². The van der Waals surface area contributed by atoms with Crippen LogP contribution >= 0.6 is 0 Å². The van der Waals surface area contributed by atoms with Crippen LogP contribution in [-0.4, -0.2) is 18.4 Å². The van der Waals surface area contributed by atoms with Gasteiger partial charge in [-0.25, -0.2) is 4.39 Å². The van der Waals surface area contributed by atoms with Crippen LogP contribution in [0.3, 0.4) is 0 Å². The molecule has 2 amide bonds. The zero-order valence-electron chi connectivity index (χ0n) is 15.6. The van der Waals surface area contributed by atoms with E-state index in [0.717, 1.165) is 18.4 Å². The van der Waals surface area contributed by atoms with Gasteiger partial charge in [-0.1, -0.05) is 39.8 Å². The fourth-order valence-corrected chi connectivity index (χ4v) is 2.94. The lowest BCUT2D eigenvalue weighted by atomic mass is 9.85. The maximum absolute atomic E-state index is 13.2. The second-order valence-corrected chi connectivity index (χ2v) is 8.30. The zero-order valence-corrected chi connectivity index (χ0v) is 15.6. The van der Waals surface area contributed by atoms with E-state index in [1.807, 2.05) is 0 Å². The van der Waals surface area contributed by atoms with Crippen molar-refractivity contribution in [3.05, 3.63) is 35.6 Å². The molecule has 3 atom stereocenters. The van der Waals surface area contributed by atoms with Crippen LogP contribution in [0.15, 0.2) is 24.3 Å². The van der Waals surface area contributed by atoms with Gasteiger partial charge in [0, 0.05) is 18.9 Å². The molecule has 0 aromatic heterocycles. The van der Waals surface area contributed by atoms with Gasteiger partial charge >= 0.3 is 0 Å². The molecule has 0 unspecified atom stereocenters. The minimum absolute atomic E-state index is 0.0165. The number of hydrogen-bond acceptors (Lipinski definition) is 2. The van der Waals surface area contributed by atoms with Crippen LogP contribution in [-0.2, 0) is 9.59 Å². The van der Waals surface area contributed by atoms with Gasteiger partial charge in [0.25, 0.3) is 0 Å². The molecule has 2 N–H and O–H groups in total. The Labute approximate surface area is 149 Å². The van der Waals surface area contributed by atoms with Crippen molar-refractivity contribution < 1.29 is 14.0 Å². The molecule has 1 aliphatic carbocycles. The highest BCUT2D eigenvalue weighted by atomic mass is 19.1. The Morgan fingerprint density at radius 3 is 2.36 bits per heavy atom. The molecule has 0 saturated heterocycles. The monoisotopic (exact) mass is 348 g/mol. The van der Waals surface area contributed by atoms with E-state index in [1.165, 1.54) is 12.1 Å². The van der Waals surface area contributed by atoms with Gasteiger partial charge in [0.15, 0.2) is 0 Å². The average Bonchev–Trinajstić information content (AvgIpc) is 3.23. The van der Waals surface area contributed by atoms with Crippen LogP contribution < -0.4 is 10.6 Å².